The van der Waals surface area contributed by atoms with Crippen LogP contribution >= 0.6 is 47.8 Å². The van der Waals surface area contributed by atoms with Crippen LogP contribution in [0.5, 0.6) is 0 Å². The molecule has 0 saturated heterocycles. The van der Waals surface area contributed by atoms with Crippen molar-refractivity contribution in [2.75, 3.05) is 5.32 Å². The van der Waals surface area contributed by atoms with Gasteiger partial charge >= 0.3 is 0 Å². The molecule has 0 aliphatic carbocycles. The van der Waals surface area contributed by atoms with E-state index in [9.17, 15) is 4.79 Å². The number of hydrogen-bond acceptors (Lipinski definition) is 1. The van der Waals surface area contributed by atoms with Crippen molar-refractivity contribution in [1.82, 2.24) is 0 Å². The van der Waals surface area contributed by atoms with Gasteiger partial charge in [0.15, 0.2) is 0 Å². The lowest BCUT2D eigenvalue weighted by Gasteiger charge is -2.10. The first-order valence-electron chi connectivity index (χ1n) is 5.50. The van der Waals surface area contributed by atoms with Crippen molar-refractivity contribution in [1.29, 1.82) is 0 Å². The summed E-state index contributed by atoms with van der Waals surface area (Å²) in [5, 5.41) is 2.89. The van der Waals surface area contributed by atoms with E-state index in [2.05, 4.69) is 53.1 Å². The summed E-state index contributed by atoms with van der Waals surface area (Å²) in [5.74, 6) is -0.144. The first-order chi connectivity index (χ1) is 8.97. The van der Waals surface area contributed by atoms with Crippen molar-refractivity contribution < 1.29 is 4.79 Å². The zero-order valence-corrected chi connectivity index (χ0v) is 14.8. The molecule has 0 heterocycles. The Kier molecular flexibility index (Phi) is 4.81. The summed E-state index contributed by atoms with van der Waals surface area (Å²) in [6.45, 7) is 1.96. The van der Waals surface area contributed by atoms with E-state index >= 15 is 0 Å². The summed E-state index contributed by atoms with van der Waals surface area (Å²) in [6, 6.07) is 11.3. The van der Waals surface area contributed by atoms with Crippen LogP contribution in [-0.2, 0) is 0 Å². The molecule has 0 saturated carbocycles. The number of nitrogens with one attached hydrogen (secondary N) is 1. The highest BCUT2D eigenvalue weighted by Crippen LogP contribution is 2.27. The molecule has 19 heavy (non-hydrogen) atoms. The van der Waals surface area contributed by atoms with Crippen LogP contribution in [0.4, 0.5) is 5.69 Å². The smallest absolute Gasteiger partial charge is 0.256 e. The number of halogens is 3. The summed E-state index contributed by atoms with van der Waals surface area (Å²) >= 11 is 10.2. The molecule has 2 aromatic rings. The van der Waals surface area contributed by atoms with Gasteiger partial charge in [-0.3, -0.25) is 4.79 Å². The normalized spacial score (nSPS) is 10.3. The van der Waals surface area contributed by atoms with E-state index in [0.29, 0.717) is 5.56 Å². The molecule has 2 aromatic carbocycles. The Morgan fingerprint density at radius 3 is 2.42 bits per heavy atom. The third-order valence-corrected chi connectivity index (χ3v) is 4.42. The molecule has 2 rings (SSSR count). The second-order valence-electron chi connectivity index (χ2n) is 4.06. The van der Waals surface area contributed by atoms with Crippen LogP contribution in [0.15, 0.2) is 49.8 Å². The lowest BCUT2D eigenvalue weighted by Crippen LogP contribution is -2.13. The van der Waals surface area contributed by atoms with Crippen molar-refractivity contribution in [2.24, 2.45) is 0 Å². The summed E-state index contributed by atoms with van der Waals surface area (Å²) in [5.41, 5.74) is 2.39. The first-order valence-corrected chi connectivity index (χ1v) is 7.88. The molecule has 1 N–H and O–H groups in total. The molecule has 0 unspecified atom stereocenters. The highest BCUT2D eigenvalue weighted by molar-refractivity contribution is 9.11. The summed E-state index contributed by atoms with van der Waals surface area (Å²) in [7, 11) is 0. The zero-order valence-electron chi connectivity index (χ0n) is 10.0. The largest absolute Gasteiger partial charge is 0.321 e. The maximum Gasteiger partial charge on any atom is 0.256 e. The molecular weight excluding hydrogens is 438 g/mol. The van der Waals surface area contributed by atoms with Gasteiger partial charge in [0.05, 0.1) is 11.3 Å². The number of carbonyl (C=O) groups excluding carboxylic acids is 1. The van der Waals surface area contributed by atoms with Crippen LogP contribution < -0.4 is 5.32 Å². The van der Waals surface area contributed by atoms with Gasteiger partial charge in [-0.1, -0.05) is 27.6 Å². The van der Waals surface area contributed by atoms with E-state index < -0.39 is 0 Å². The summed E-state index contributed by atoms with van der Waals surface area (Å²) in [4.78, 5) is 12.3. The van der Waals surface area contributed by atoms with Gasteiger partial charge in [0, 0.05) is 13.4 Å². The minimum Gasteiger partial charge on any atom is -0.321 e. The van der Waals surface area contributed by atoms with Gasteiger partial charge in [0.1, 0.15) is 0 Å². The van der Waals surface area contributed by atoms with E-state index in [1.54, 1.807) is 0 Å². The van der Waals surface area contributed by atoms with Crippen molar-refractivity contribution in [2.45, 2.75) is 6.92 Å². The minimum absolute atomic E-state index is 0.144. The SMILES string of the molecule is Cc1ccc(Br)c(C(=O)Nc2cc(Br)ccc2Br)c1. The highest BCUT2D eigenvalue weighted by Gasteiger charge is 2.12. The molecule has 0 fully saturated rings. The third kappa shape index (κ3) is 3.68. The Labute approximate surface area is 137 Å². The topological polar surface area (TPSA) is 29.1 Å². The van der Waals surface area contributed by atoms with Gasteiger partial charge in [-0.25, -0.2) is 0 Å². The first kappa shape index (κ1) is 14.8. The van der Waals surface area contributed by atoms with E-state index in [4.69, 9.17) is 0 Å². The molecule has 0 aliphatic rings. The van der Waals surface area contributed by atoms with Gasteiger partial charge < -0.3 is 5.32 Å². The minimum atomic E-state index is -0.144. The van der Waals surface area contributed by atoms with Crippen molar-refractivity contribution in [3.05, 3.63) is 60.9 Å². The fraction of sp³-hybridized carbons (Fsp3) is 0.0714. The number of benzene rings is 2. The zero-order chi connectivity index (χ0) is 14.0. The Morgan fingerprint density at radius 1 is 1.00 bits per heavy atom. The number of hydrogen-bond donors (Lipinski definition) is 1. The lowest BCUT2D eigenvalue weighted by atomic mass is 10.1. The van der Waals surface area contributed by atoms with E-state index in [1.807, 2.05) is 43.3 Å². The molecule has 1 amide bonds. The van der Waals surface area contributed by atoms with Gasteiger partial charge in [-0.05, 0) is 69.1 Å². The van der Waals surface area contributed by atoms with Crippen molar-refractivity contribution in [3.63, 3.8) is 0 Å². The van der Waals surface area contributed by atoms with E-state index in [-0.39, 0.29) is 5.91 Å². The van der Waals surface area contributed by atoms with Crippen LogP contribution in [0, 0.1) is 6.92 Å². The molecule has 0 bridgehead atoms. The number of rotatable bonds is 2. The number of aryl methyl sites for hydroxylation is 1. The maximum atomic E-state index is 12.3. The lowest BCUT2D eigenvalue weighted by molar-refractivity contribution is 0.102. The molecule has 0 spiro atoms. The van der Waals surface area contributed by atoms with Crippen LogP contribution in [-0.4, -0.2) is 5.91 Å². The molecule has 2 nitrogen and oxygen atoms in total. The molecule has 0 aliphatic heterocycles. The molecule has 98 valence electrons. The Morgan fingerprint density at radius 2 is 1.68 bits per heavy atom. The Bertz CT molecular complexity index is 641. The fourth-order valence-corrected chi connectivity index (χ4v) is 2.73. The molecule has 0 atom stereocenters. The van der Waals surface area contributed by atoms with Gasteiger partial charge in [0.2, 0.25) is 0 Å². The van der Waals surface area contributed by atoms with E-state index in [0.717, 1.165) is 24.7 Å². The molecule has 0 radical (unpaired) electrons. The fourth-order valence-electron chi connectivity index (χ4n) is 1.60. The predicted octanol–water partition coefficient (Wildman–Crippen LogP) is 5.53. The third-order valence-electron chi connectivity index (χ3n) is 2.54. The second kappa shape index (κ2) is 6.20. The maximum absolute atomic E-state index is 12.3. The van der Waals surface area contributed by atoms with Crippen molar-refractivity contribution >= 4 is 59.4 Å². The quantitative estimate of drug-likeness (QED) is 0.643. The summed E-state index contributed by atoms with van der Waals surface area (Å²) in [6.07, 6.45) is 0. The Hall–Kier alpha value is -0.650. The average molecular weight is 448 g/mol. The van der Waals surface area contributed by atoms with Crippen LogP contribution in [0.2, 0.25) is 0 Å². The monoisotopic (exact) mass is 445 g/mol. The van der Waals surface area contributed by atoms with E-state index in [1.165, 1.54) is 0 Å². The van der Waals surface area contributed by atoms with Gasteiger partial charge in [-0.15, -0.1) is 0 Å². The number of carbonyl (C=O) groups is 1. The predicted molar refractivity (Wildman–Crippen MR) is 88.7 cm³/mol. The highest BCUT2D eigenvalue weighted by atomic mass is 79.9. The second-order valence-corrected chi connectivity index (χ2v) is 6.69. The van der Waals surface area contributed by atoms with Gasteiger partial charge in [0.25, 0.3) is 5.91 Å². The van der Waals surface area contributed by atoms with Gasteiger partial charge in [-0.2, -0.15) is 0 Å². The molecule has 0 aromatic heterocycles. The molecular formula is C14H10Br3NO. The average Bonchev–Trinajstić information content (AvgIpc) is 2.36. The Balaban J connectivity index is 2.30. The molecule has 5 heteroatoms. The standard InChI is InChI=1S/C14H10Br3NO/c1-8-2-4-11(16)10(6-8)14(19)18-13-7-9(15)3-5-12(13)17/h2-7H,1H3,(H,18,19). The van der Waals surface area contributed by atoms with Crippen LogP contribution in [0.1, 0.15) is 15.9 Å². The van der Waals surface area contributed by atoms with Crippen molar-refractivity contribution in [3.8, 4) is 0 Å². The number of amides is 1. The summed E-state index contributed by atoms with van der Waals surface area (Å²) < 4.78 is 2.53. The number of anilines is 1. The van der Waals surface area contributed by atoms with Crippen LogP contribution in [0.25, 0.3) is 0 Å². The van der Waals surface area contributed by atoms with Crippen LogP contribution in [0.3, 0.4) is 0 Å².